The normalized spacial score (nSPS) is 11.4. The van der Waals surface area contributed by atoms with Gasteiger partial charge in [-0.05, 0) is 51.8 Å². The predicted molar refractivity (Wildman–Crippen MR) is 98.6 cm³/mol. The second-order valence-corrected chi connectivity index (χ2v) is 9.17. The van der Waals surface area contributed by atoms with E-state index in [1.54, 1.807) is 18.2 Å². The molecule has 2 heterocycles. The van der Waals surface area contributed by atoms with Gasteiger partial charge in [-0.1, -0.05) is 12.1 Å². The van der Waals surface area contributed by atoms with Crippen LogP contribution in [0.1, 0.15) is 16.1 Å². The monoisotopic (exact) mass is 440 g/mol. The van der Waals surface area contributed by atoms with E-state index in [-0.39, 0.29) is 23.0 Å². The van der Waals surface area contributed by atoms with Gasteiger partial charge in [0.05, 0.1) is 19.3 Å². The molecule has 130 valence electrons. The quantitative estimate of drug-likeness (QED) is 0.564. The molecule has 1 aromatic carbocycles. The van der Waals surface area contributed by atoms with E-state index < -0.39 is 10.0 Å². The Labute approximate surface area is 156 Å². The lowest BCUT2D eigenvalue weighted by Crippen LogP contribution is -2.23. The number of halogens is 1. The van der Waals surface area contributed by atoms with Crippen LogP contribution in [0.3, 0.4) is 0 Å². The summed E-state index contributed by atoms with van der Waals surface area (Å²) in [5.74, 6) is -0.325. The number of thiophene rings is 1. The lowest BCUT2D eigenvalue weighted by molar-refractivity contribution is 0.0946. The SMILES string of the molecule is NS(=O)(=O)c1ccc(CNC(=O)c2cc(-c3ccc(Br)s3)[nH]n2)cc1. The summed E-state index contributed by atoms with van der Waals surface area (Å²) < 4.78 is 23.4. The average Bonchev–Trinajstić information content (AvgIpc) is 3.21. The number of rotatable bonds is 5. The number of hydrogen-bond donors (Lipinski definition) is 3. The maximum atomic E-state index is 12.2. The molecule has 0 bridgehead atoms. The van der Waals surface area contributed by atoms with Gasteiger partial charge in [0.1, 0.15) is 0 Å². The van der Waals surface area contributed by atoms with Crippen LogP contribution in [0.15, 0.2) is 51.1 Å². The van der Waals surface area contributed by atoms with Gasteiger partial charge >= 0.3 is 0 Å². The van der Waals surface area contributed by atoms with Gasteiger partial charge in [0.25, 0.3) is 5.91 Å². The molecule has 0 saturated carbocycles. The van der Waals surface area contributed by atoms with Crippen LogP contribution in [0.4, 0.5) is 0 Å². The summed E-state index contributed by atoms with van der Waals surface area (Å²) in [6.45, 7) is 0.247. The van der Waals surface area contributed by atoms with Crippen LogP contribution in [0.25, 0.3) is 10.6 Å². The van der Waals surface area contributed by atoms with E-state index in [0.717, 1.165) is 19.9 Å². The highest BCUT2D eigenvalue weighted by Gasteiger charge is 2.13. The van der Waals surface area contributed by atoms with Crippen molar-refractivity contribution in [1.82, 2.24) is 15.5 Å². The number of nitrogens with two attached hydrogens (primary N) is 1. The molecule has 4 N–H and O–H groups in total. The fourth-order valence-electron chi connectivity index (χ4n) is 2.09. The van der Waals surface area contributed by atoms with Gasteiger partial charge in [0.15, 0.2) is 5.69 Å². The Balaban J connectivity index is 1.64. The number of primary sulfonamides is 1. The molecule has 0 fully saturated rings. The van der Waals surface area contributed by atoms with Crippen LogP contribution in [-0.2, 0) is 16.6 Å². The molecular formula is C15H13BrN4O3S2. The summed E-state index contributed by atoms with van der Waals surface area (Å²) in [7, 11) is -3.72. The highest BCUT2D eigenvalue weighted by atomic mass is 79.9. The first-order valence-electron chi connectivity index (χ1n) is 7.04. The van der Waals surface area contributed by atoms with E-state index in [4.69, 9.17) is 5.14 Å². The van der Waals surface area contributed by atoms with Crippen LogP contribution in [0.5, 0.6) is 0 Å². The zero-order valence-electron chi connectivity index (χ0n) is 12.7. The number of hydrogen-bond acceptors (Lipinski definition) is 5. The molecule has 0 aliphatic carbocycles. The molecule has 0 spiro atoms. The number of nitrogens with one attached hydrogen (secondary N) is 2. The minimum Gasteiger partial charge on any atom is -0.347 e. The number of amides is 1. The van der Waals surface area contributed by atoms with Crippen LogP contribution < -0.4 is 10.5 Å². The van der Waals surface area contributed by atoms with E-state index in [1.165, 1.54) is 23.5 Å². The molecule has 0 aliphatic heterocycles. The first-order valence-corrected chi connectivity index (χ1v) is 10.2. The molecule has 0 unspecified atom stereocenters. The number of nitrogens with zero attached hydrogens (tertiary/aromatic N) is 1. The van der Waals surface area contributed by atoms with Crippen molar-refractivity contribution in [3.05, 3.63) is 57.5 Å². The van der Waals surface area contributed by atoms with Crippen molar-refractivity contribution in [2.24, 2.45) is 5.14 Å². The average molecular weight is 441 g/mol. The molecule has 0 saturated heterocycles. The Hall–Kier alpha value is -2.01. The second kappa shape index (κ2) is 7.08. The predicted octanol–water partition coefficient (Wildman–Crippen LogP) is 2.48. The number of aromatic amines is 1. The summed E-state index contributed by atoms with van der Waals surface area (Å²) in [5.41, 5.74) is 1.79. The number of sulfonamides is 1. The Bertz CT molecular complexity index is 1010. The third-order valence-corrected chi connectivity index (χ3v) is 5.94. The molecule has 2 aromatic heterocycles. The van der Waals surface area contributed by atoms with Crippen LogP contribution in [-0.4, -0.2) is 24.5 Å². The van der Waals surface area contributed by atoms with E-state index >= 15 is 0 Å². The molecular weight excluding hydrogens is 428 g/mol. The lowest BCUT2D eigenvalue weighted by atomic mass is 10.2. The van der Waals surface area contributed by atoms with Crippen molar-refractivity contribution in [1.29, 1.82) is 0 Å². The molecule has 25 heavy (non-hydrogen) atoms. The molecule has 1 amide bonds. The summed E-state index contributed by atoms with van der Waals surface area (Å²) in [4.78, 5) is 13.2. The summed E-state index contributed by atoms with van der Waals surface area (Å²) in [5, 5.41) is 14.6. The Morgan fingerprint density at radius 2 is 1.96 bits per heavy atom. The summed E-state index contributed by atoms with van der Waals surface area (Å²) >= 11 is 4.93. The van der Waals surface area contributed by atoms with Crippen molar-refractivity contribution in [3.63, 3.8) is 0 Å². The molecule has 7 nitrogen and oxygen atoms in total. The third-order valence-electron chi connectivity index (χ3n) is 3.35. The number of H-pyrrole nitrogens is 1. The third kappa shape index (κ3) is 4.34. The highest BCUT2D eigenvalue weighted by Crippen LogP contribution is 2.30. The topological polar surface area (TPSA) is 118 Å². The van der Waals surface area contributed by atoms with E-state index in [2.05, 4.69) is 31.4 Å². The van der Waals surface area contributed by atoms with Gasteiger partial charge in [0.2, 0.25) is 10.0 Å². The first kappa shape index (κ1) is 17.8. The van der Waals surface area contributed by atoms with Crippen molar-refractivity contribution in [3.8, 4) is 10.6 Å². The fraction of sp³-hybridized carbons (Fsp3) is 0.0667. The van der Waals surface area contributed by atoms with Crippen molar-refractivity contribution >= 4 is 43.2 Å². The zero-order chi connectivity index (χ0) is 18.0. The highest BCUT2D eigenvalue weighted by molar-refractivity contribution is 9.11. The molecule has 0 aliphatic rings. The largest absolute Gasteiger partial charge is 0.347 e. The van der Waals surface area contributed by atoms with Crippen molar-refractivity contribution in [2.75, 3.05) is 0 Å². The standard InChI is InChI=1S/C15H13BrN4O3S2/c16-14-6-5-13(24-14)11-7-12(20-19-11)15(21)18-8-9-1-3-10(4-2-9)25(17,22)23/h1-7H,8H2,(H,18,21)(H,19,20)(H2,17,22,23). The smallest absolute Gasteiger partial charge is 0.272 e. The number of benzene rings is 1. The first-order chi connectivity index (χ1) is 11.8. The molecule has 3 aromatic rings. The second-order valence-electron chi connectivity index (χ2n) is 5.14. The zero-order valence-corrected chi connectivity index (χ0v) is 15.9. The number of carbonyl (C=O) groups is 1. The van der Waals surface area contributed by atoms with Gasteiger partial charge < -0.3 is 5.32 Å². The minimum atomic E-state index is -3.72. The van der Waals surface area contributed by atoms with E-state index in [1.807, 2.05) is 12.1 Å². The molecule has 10 heteroatoms. The Morgan fingerprint density at radius 3 is 2.56 bits per heavy atom. The summed E-state index contributed by atoms with van der Waals surface area (Å²) in [6.07, 6.45) is 0. The van der Waals surface area contributed by atoms with Gasteiger partial charge in [-0.2, -0.15) is 5.10 Å². The molecule has 0 atom stereocenters. The van der Waals surface area contributed by atoms with Crippen molar-refractivity contribution in [2.45, 2.75) is 11.4 Å². The minimum absolute atomic E-state index is 0.0293. The number of aromatic nitrogens is 2. The van der Waals surface area contributed by atoms with Gasteiger partial charge in [-0.15, -0.1) is 11.3 Å². The van der Waals surface area contributed by atoms with Crippen LogP contribution in [0, 0.1) is 0 Å². The lowest BCUT2D eigenvalue weighted by Gasteiger charge is -2.04. The van der Waals surface area contributed by atoms with Crippen LogP contribution in [0.2, 0.25) is 0 Å². The van der Waals surface area contributed by atoms with Crippen LogP contribution >= 0.6 is 27.3 Å². The van der Waals surface area contributed by atoms with Gasteiger partial charge in [0, 0.05) is 6.54 Å². The Morgan fingerprint density at radius 1 is 1.24 bits per heavy atom. The molecule has 0 radical (unpaired) electrons. The molecule has 3 rings (SSSR count). The van der Waals surface area contributed by atoms with Crippen molar-refractivity contribution < 1.29 is 13.2 Å². The Kier molecular flexibility index (Phi) is 5.04. The van der Waals surface area contributed by atoms with Gasteiger partial charge in [-0.3, -0.25) is 9.89 Å². The fourth-order valence-corrected chi connectivity index (χ4v) is 3.96. The maximum absolute atomic E-state index is 12.2. The summed E-state index contributed by atoms with van der Waals surface area (Å²) in [6, 6.07) is 11.5. The van der Waals surface area contributed by atoms with Gasteiger partial charge in [-0.25, -0.2) is 13.6 Å². The van der Waals surface area contributed by atoms with E-state index in [9.17, 15) is 13.2 Å². The van der Waals surface area contributed by atoms with E-state index in [0.29, 0.717) is 0 Å². The number of carbonyl (C=O) groups excluding carboxylic acids is 1. The maximum Gasteiger partial charge on any atom is 0.272 e.